The number of hydrogen-bond acceptors (Lipinski definition) is 5. The zero-order valence-corrected chi connectivity index (χ0v) is 19.8. The van der Waals surface area contributed by atoms with Crippen LogP contribution in [0.3, 0.4) is 0 Å². The number of hydrogen-bond donors (Lipinski definition) is 0. The van der Waals surface area contributed by atoms with E-state index in [2.05, 4.69) is 11.1 Å². The van der Waals surface area contributed by atoms with Gasteiger partial charge in [0, 0.05) is 6.42 Å². The summed E-state index contributed by atoms with van der Waals surface area (Å²) in [6.45, 7) is 1.63. The van der Waals surface area contributed by atoms with Crippen LogP contribution in [0.15, 0.2) is 0 Å². The number of rotatable bonds is 19. The van der Waals surface area contributed by atoms with Gasteiger partial charge in [0.2, 0.25) is 10.4 Å². The van der Waals surface area contributed by atoms with Gasteiger partial charge < -0.3 is 4.55 Å². The second-order valence-corrected chi connectivity index (χ2v) is 7.96. The third-order valence-corrected chi connectivity index (χ3v) is 4.83. The number of Topliss-reactive ketones (excluding diaryl/α,β-unsaturated/α-hetero) is 1. The Kier molecular flexibility index (Phi) is 22.4. The van der Waals surface area contributed by atoms with Crippen molar-refractivity contribution >= 4 is 16.2 Å². The summed E-state index contributed by atoms with van der Waals surface area (Å²) in [5, 5.41) is 0. The molecule has 0 aromatic heterocycles. The zero-order valence-electron chi connectivity index (χ0n) is 17.0. The van der Waals surface area contributed by atoms with E-state index in [9.17, 15) is 17.8 Å². The Hall–Kier alpha value is 0.540. The second kappa shape index (κ2) is 20.3. The van der Waals surface area contributed by atoms with Crippen molar-refractivity contribution < 1.29 is 51.5 Å². The average molecular weight is 401 g/mol. The van der Waals surface area contributed by atoms with E-state index in [1.165, 1.54) is 77.0 Å². The van der Waals surface area contributed by atoms with Gasteiger partial charge >= 0.3 is 29.6 Å². The molecule has 0 radical (unpaired) electrons. The minimum atomic E-state index is -4.75. The van der Waals surface area contributed by atoms with Crippen LogP contribution in [0.1, 0.15) is 110 Å². The average Bonchev–Trinajstić information content (AvgIpc) is 2.56. The van der Waals surface area contributed by atoms with Crippen LogP contribution in [0.2, 0.25) is 0 Å². The molecule has 0 rings (SSSR count). The molecule has 0 amide bonds. The van der Waals surface area contributed by atoms with Crippen LogP contribution in [0.4, 0.5) is 0 Å². The molecule has 0 aliphatic rings. The molecule has 0 aromatic rings. The predicted molar refractivity (Wildman–Crippen MR) is 100 cm³/mol. The molecule has 0 saturated heterocycles. The van der Waals surface area contributed by atoms with E-state index in [4.69, 9.17) is 0 Å². The first kappa shape index (κ1) is 28.7. The van der Waals surface area contributed by atoms with E-state index >= 15 is 0 Å². The molecule has 0 aliphatic carbocycles. The fourth-order valence-electron chi connectivity index (χ4n) is 2.90. The van der Waals surface area contributed by atoms with E-state index in [1.54, 1.807) is 0 Å². The van der Waals surface area contributed by atoms with Gasteiger partial charge in [-0.3, -0.25) is 8.98 Å². The summed E-state index contributed by atoms with van der Waals surface area (Å²) in [6.07, 6.45) is 19.1. The predicted octanol–water partition coefficient (Wildman–Crippen LogP) is 2.30. The molecule has 0 spiro atoms. The van der Waals surface area contributed by atoms with Crippen molar-refractivity contribution in [2.45, 2.75) is 110 Å². The molecule has 0 atom stereocenters. The minimum absolute atomic E-state index is 0. The second-order valence-electron chi connectivity index (χ2n) is 6.91. The summed E-state index contributed by atoms with van der Waals surface area (Å²) < 4.78 is 34.6. The minimum Gasteiger partial charge on any atom is -0.726 e. The molecule has 0 fully saturated rings. The summed E-state index contributed by atoms with van der Waals surface area (Å²) in [6, 6.07) is 0. The van der Waals surface area contributed by atoms with Gasteiger partial charge in [-0.15, -0.1) is 0 Å². The molecule has 0 aromatic carbocycles. The van der Waals surface area contributed by atoms with Gasteiger partial charge in [0.15, 0.2) is 5.78 Å². The topological polar surface area (TPSA) is 83.5 Å². The molecule has 7 heteroatoms. The smallest absolute Gasteiger partial charge is 0.726 e. The van der Waals surface area contributed by atoms with Crippen molar-refractivity contribution in [2.24, 2.45) is 0 Å². The maximum absolute atomic E-state index is 11.3. The van der Waals surface area contributed by atoms with Crippen LogP contribution in [-0.4, -0.2) is 25.4 Å². The number of unbranched alkanes of at least 4 members (excludes halogenated alkanes) is 14. The molecule has 150 valence electrons. The number of carbonyl (C=O) groups excluding carboxylic acids is 1. The van der Waals surface area contributed by atoms with E-state index in [1.807, 2.05) is 0 Å². The summed E-state index contributed by atoms with van der Waals surface area (Å²) in [7, 11) is -4.75. The first-order valence-electron chi connectivity index (χ1n) is 10.1. The van der Waals surface area contributed by atoms with Crippen molar-refractivity contribution in [2.75, 3.05) is 6.61 Å². The van der Waals surface area contributed by atoms with E-state index in [0.29, 0.717) is 0 Å². The summed E-state index contributed by atoms with van der Waals surface area (Å²) in [5.74, 6) is -0.325. The zero-order chi connectivity index (χ0) is 18.8. The molecule has 0 heterocycles. The normalized spacial score (nSPS) is 11.3. The summed E-state index contributed by atoms with van der Waals surface area (Å²) >= 11 is 0. The maximum atomic E-state index is 11.3. The Labute approximate surface area is 183 Å². The van der Waals surface area contributed by atoms with Gasteiger partial charge in [-0.1, -0.05) is 96.8 Å². The Morgan fingerprint density at radius 1 is 0.731 bits per heavy atom. The van der Waals surface area contributed by atoms with Crippen molar-refractivity contribution in [3.05, 3.63) is 0 Å². The third kappa shape index (κ3) is 24.5. The van der Waals surface area contributed by atoms with Crippen LogP contribution in [-0.2, 0) is 19.4 Å². The van der Waals surface area contributed by atoms with Crippen molar-refractivity contribution in [1.29, 1.82) is 0 Å². The molecule has 0 aliphatic heterocycles. The monoisotopic (exact) mass is 400 g/mol. The summed E-state index contributed by atoms with van der Waals surface area (Å²) in [4.78, 5) is 11.3. The molecular weight excluding hydrogens is 363 g/mol. The quantitative estimate of drug-likeness (QED) is 0.144. The van der Waals surface area contributed by atoms with Gasteiger partial charge in [0.05, 0.1) is 0 Å². The Bertz CT molecular complexity index is 412. The van der Waals surface area contributed by atoms with Crippen LogP contribution in [0, 0.1) is 0 Å². The van der Waals surface area contributed by atoms with Gasteiger partial charge in [-0.2, -0.15) is 0 Å². The van der Waals surface area contributed by atoms with E-state index in [0.717, 1.165) is 19.3 Å². The fourth-order valence-corrected chi connectivity index (χ4v) is 3.18. The largest absolute Gasteiger partial charge is 1.00 e. The molecular formula is C19H37NaO5S. The van der Waals surface area contributed by atoms with Crippen LogP contribution in [0.5, 0.6) is 0 Å². The van der Waals surface area contributed by atoms with E-state index in [-0.39, 0.29) is 41.8 Å². The molecule has 0 bridgehead atoms. The van der Waals surface area contributed by atoms with Crippen LogP contribution in [0.25, 0.3) is 0 Å². The molecule has 0 N–H and O–H groups in total. The maximum Gasteiger partial charge on any atom is 1.00 e. The molecule has 0 saturated carbocycles. The molecule has 0 unspecified atom stereocenters. The number of ketones is 1. The van der Waals surface area contributed by atoms with Crippen LogP contribution >= 0.6 is 0 Å². The Morgan fingerprint density at radius 3 is 1.42 bits per heavy atom. The van der Waals surface area contributed by atoms with Crippen molar-refractivity contribution in [3.8, 4) is 0 Å². The van der Waals surface area contributed by atoms with Gasteiger partial charge in [0.25, 0.3) is 0 Å². The third-order valence-electron chi connectivity index (χ3n) is 4.42. The number of carbonyl (C=O) groups is 1. The van der Waals surface area contributed by atoms with Crippen molar-refractivity contribution in [3.63, 3.8) is 0 Å². The Morgan fingerprint density at radius 2 is 1.08 bits per heavy atom. The first-order chi connectivity index (χ1) is 12.0. The van der Waals surface area contributed by atoms with Crippen LogP contribution < -0.4 is 29.6 Å². The first-order valence-corrected chi connectivity index (χ1v) is 11.4. The van der Waals surface area contributed by atoms with Gasteiger partial charge in [-0.05, 0) is 6.42 Å². The molecule has 5 nitrogen and oxygen atoms in total. The van der Waals surface area contributed by atoms with Gasteiger partial charge in [0.1, 0.15) is 6.61 Å². The SMILES string of the molecule is CCCCCCCCCCCCCCCCCC(=O)COS(=O)(=O)[O-].[Na+]. The summed E-state index contributed by atoms with van der Waals surface area (Å²) in [5.41, 5.74) is 0. The standard InChI is InChI=1S/C19H38O5S.Na/c1-2-3-4-5-6-7-8-9-10-11-12-13-14-15-16-17-19(20)18-24-25(21,22)23;/h2-18H2,1H3,(H,21,22,23);/q;+1/p-1. The fraction of sp³-hybridized carbons (Fsp3) is 0.947. The molecule has 26 heavy (non-hydrogen) atoms. The van der Waals surface area contributed by atoms with Gasteiger partial charge in [-0.25, -0.2) is 8.42 Å². The van der Waals surface area contributed by atoms with Crippen molar-refractivity contribution in [1.82, 2.24) is 0 Å². The van der Waals surface area contributed by atoms with E-state index < -0.39 is 17.0 Å². The Balaban J connectivity index is 0.